The van der Waals surface area contributed by atoms with Gasteiger partial charge >= 0.3 is 0 Å². The van der Waals surface area contributed by atoms with E-state index in [0.29, 0.717) is 12.8 Å². The van der Waals surface area contributed by atoms with Crippen LogP contribution < -0.4 is 0 Å². The summed E-state index contributed by atoms with van der Waals surface area (Å²) in [5.41, 5.74) is 0. The highest BCUT2D eigenvalue weighted by Crippen LogP contribution is 2.33. The van der Waals surface area contributed by atoms with Gasteiger partial charge < -0.3 is 15.0 Å². The first-order valence-electron chi connectivity index (χ1n) is 7.49. The van der Waals surface area contributed by atoms with Crippen LogP contribution in [0.3, 0.4) is 0 Å². The highest BCUT2D eigenvalue weighted by Gasteiger charge is 2.33. The molecule has 1 aliphatic rings. The molecule has 0 aromatic rings. The van der Waals surface area contributed by atoms with E-state index >= 15 is 0 Å². The average Bonchev–Trinajstić information content (AvgIpc) is 2.74. The lowest BCUT2D eigenvalue weighted by Gasteiger charge is -2.14. The molecule has 1 saturated carbocycles. The fourth-order valence-electron chi connectivity index (χ4n) is 2.70. The van der Waals surface area contributed by atoms with Gasteiger partial charge in [0.1, 0.15) is 12.4 Å². The standard InChI is InChI=1S/C16H26O3/c1-2-3-4-5-6-14(18)9-7-13-8-10-16(19)15(13)11-12-17/h12-16,18-19H,2-6,8,10-11H2,1H3/t13-,14?,15+,16-/m1/s1. The van der Waals surface area contributed by atoms with E-state index < -0.39 is 12.2 Å². The van der Waals surface area contributed by atoms with Gasteiger partial charge in [0.15, 0.2) is 0 Å². The minimum atomic E-state index is -0.563. The fourth-order valence-corrected chi connectivity index (χ4v) is 2.70. The van der Waals surface area contributed by atoms with Gasteiger partial charge in [0.2, 0.25) is 0 Å². The Bertz CT molecular complexity index is 316. The molecule has 0 aliphatic heterocycles. The molecule has 3 nitrogen and oxygen atoms in total. The van der Waals surface area contributed by atoms with Crippen LogP contribution in [0.25, 0.3) is 0 Å². The van der Waals surface area contributed by atoms with Crippen LogP contribution in [-0.4, -0.2) is 28.7 Å². The normalized spacial score (nSPS) is 27.6. The third-order valence-corrected chi connectivity index (χ3v) is 3.92. The first-order valence-corrected chi connectivity index (χ1v) is 7.49. The summed E-state index contributed by atoms with van der Waals surface area (Å²) in [6.45, 7) is 2.16. The van der Waals surface area contributed by atoms with Gasteiger partial charge in [0.05, 0.1) is 6.10 Å². The monoisotopic (exact) mass is 266 g/mol. The fraction of sp³-hybridized carbons (Fsp3) is 0.812. The molecule has 0 heterocycles. The lowest BCUT2D eigenvalue weighted by atomic mass is 9.92. The van der Waals surface area contributed by atoms with Crippen LogP contribution >= 0.6 is 0 Å². The molecule has 1 rings (SSSR count). The van der Waals surface area contributed by atoms with Crippen molar-refractivity contribution in [3.05, 3.63) is 0 Å². The molecule has 2 N–H and O–H groups in total. The first-order chi connectivity index (χ1) is 9.19. The van der Waals surface area contributed by atoms with E-state index in [-0.39, 0.29) is 11.8 Å². The summed E-state index contributed by atoms with van der Waals surface area (Å²) in [5.74, 6) is 5.97. The van der Waals surface area contributed by atoms with Crippen LogP contribution in [0, 0.1) is 23.7 Å². The topological polar surface area (TPSA) is 57.5 Å². The number of carbonyl (C=O) groups is 1. The van der Waals surface area contributed by atoms with Gasteiger partial charge in [-0.25, -0.2) is 0 Å². The van der Waals surface area contributed by atoms with Gasteiger partial charge in [-0.3, -0.25) is 0 Å². The van der Waals surface area contributed by atoms with E-state index in [1.54, 1.807) is 0 Å². The van der Waals surface area contributed by atoms with Gasteiger partial charge in [0.25, 0.3) is 0 Å². The van der Waals surface area contributed by atoms with E-state index in [2.05, 4.69) is 18.8 Å². The lowest BCUT2D eigenvalue weighted by Crippen LogP contribution is -2.19. The first kappa shape index (κ1) is 16.2. The van der Waals surface area contributed by atoms with E-state index in [1.165, 1.54) is 12.8 Å². The van der Waals surface area contributed by atoms with Crippen LogP contribution in [-0.2, 0) is 4.79 Å². The lowest BCUT2D eigenvalue weighted by molar-refractivity contribution is -0.109. The second-order valence-electron chi connectivity index (χ2n) is 5.47. The Morgan fingerprint density at radius 1 is 1.32 bits per heavy atom. The Balaban J connectivity index is 2.36. The van der Waals surface area contributed by atoms with Crippen molar-refractivity contribution in [3.63, 3.8) is 0 Å². The third kappa shape index (κ3) is 5.76. The number of aliphatic hydroxyl groups is 2. The zero-order valence-electron chi connectivity index (χ0n) is 11.8. The predicted octanol–water partition coefficient (Wildman–Crippen LogP) is 2.30. The molecular weight excluding hydrogens is 240 g/mol. The second-order valence-corrected chi connectivity index (χ2v) is 5.47. The predicted molar refractivity (Wildman–Crippen MR) is 75.4 cm³/mol. The molecule has 0 aromatic carbocycles. The second kappa shape index (κ2) is 9.12. The van der Waals surface area contributed by atoms with Crippen molar-refractivity contribution in [1.82, 2.24) is 0 Å². The molecule has 0 bridgehead atoms. The Hall–Kier alpha value is -0.850. The smallest absolute Gasteiger partial charge is 0.120 e. The van der Waals surface area contributed by atoms with E-state index in [4.69, 9.17) is 0 Å². The SMILES string of the molecule is CCCCCCC(O)C#C[C@@H]1CC[C@@H](O)[C@H]1CC=O. The molecule has 1 unspecified atom stereocenters. The zero-order valence-corrected chi connectivity index (χ0v) is 11.8. The van der Waals surface area contributed by atoms with Crippen LogP contribution in [0.1, 0.15) is 58.3 Å². The molecule has 19 heavy (non-hydrogen) atoms. The molecule has 0 spiro atoms. The summed E-state index contributed by atoms with van der Waals surface area (Å²) < 4.78 is 0. The maximum Gasteiger partial charge on any atom is 0.120 e. The minimum absolute atomic E-state index is 0.0442. The van der Waals surface area contributed by atoms with Crippen LogP contribution in [0.5, 0.6) is 0 Å². The van der Waals surface area contributed by atoms with Crippen molar-refractivity contribution < 1.29 is 15.0 Å². The number of unbranched alkanes of at least 4 members (excludes halogenated alkanes) is 3. The van der Waals surface area contributed by atoms with Gasteiger partial charge in [-0.2, -0.15) is 0 Å². The number of aldehydes is 1. The molecule has 4 atom stereocenters. The highest BCUT2D eigenvalue weighted by atomic mass is 16.3. The molecule has 1 aliphatic carbocycles. The van der Waals surface area contributed by atoms with Gasteiger partial charge in [-0.05, 0) is 25.7 Å². The van der Waals surface area contributed by atoms with Crippen LogP contribution in [0.4, 0.5) is 0 Å². The molecule has 1 fully saturated rings. The summed E-state index contributed by atoms with van der Waals surface area (Å²) in [5, 5.41) is 19.6. The molecule has 0 amide bonds. The summed E-state index contributed by atoms with van der Waals surface area (Å²) >= 11 is 0. The number of aliphatic hydroxyl groups excluding tert-OH is 2. The molecule has 0 aromatic heterocycles. The summed E-state index contributed by atoms with van der Waals surface area (Å²) in [7, 11) is 0. The molecule has 0 saturated heterocycles. The quantitative estimate of drug-likeness (QED) is 0.422. The zero-order chi connectivity index (χ0) is 14.1. The Labute approximate surface area is 116 Å². The highest BCUT2D eigenvalue weighted by molar-refractivity contribution is 5.50. The van der Waals surface area contributed by atoms with E-state index in [1.807, 2.05) is 0 Å². The van der Waals surface area contributed by atoms with E-state index in [0.717, 1.165) is 32.0 Å². The largest absolute Gasteiger partial charge is 0.393 e. The Morgan fingerprint density at radius 3 is 2.79 bits per heavy atom. The van der Waals surface area contributed by atoms with Crippen molar-refractivity contribution >= 4 is 6.29 Å². The minimum Gasteiger partial charge on any atom is -0.393 e. The van der Waals surface area contributed by atoms with Crippen LogP contribution in [0.2, 0.25) is 0 Å². The number of hydrogen-bond acceptors (Lipinski definition) is 3. The summed E-state index contributed by atoms with van der Waals surface area (Å²) in [6.07, 6.45) is 7.06. The Morgan fingerprint density at radius 2 is 2.11 bits per heavy atom. The summed E-state index contributed by atoms with van der Waals surface area (Å²) in [6, 6.07) is 0. The van der Waals surface area contributed by atoms with Gasteiger partial charge in [-0.15, -0.1) is 0 Å². The number of carbonyl (C=O) groups excluding carboxylic acids is 1. The van der Waals surface area contributed by atoms with Crippen molar-refractivity contribution in [2.75, 3.05) is 0 Å². The van der Waals surface area contributed by atoms with Gasteiger partial charge in [0, 0.05) is 18.3 Å². The van der Waals surface area contributed by atoms with Crippen molar-refractivity contribution in [3.8, 4) is 11.8 Å². The molecular formula is C16H26O3. The van der Waals surface area contributed by atoms with Crippen molar-refractivity contribution in [1.29, 1.82) is 0 Å². The molecule has 3 heteroatoms. The number of rotatable bonds is 7. The molecule has 108 valence electrons. The van der Waals surface area contributed by atoms with Gasteiger partial charge in [-0.1, -0.05) is 38.0 Å². The summed E-state index contributed by atoms with van der Waals surface area (Å²) in [4.78, 5) is 10.6. The van der Waals surface area contributed by atoms with Crippen LogP contribution in [0.15, 0.2) is 0 Å². The molecule has 0 radical (unpaired) electrons. The third-order valence-electron chi connectivity index (χ3n) is 3.92. The van der Waals surface area contributed by atoms with Crippen molar-refractivity contribution in [2.24, 2.45) is 11.8 Å². The van der Waals surface area contributed by atoms with E-state index in [9.17, 15) is 15.0 Å². The Kier molecular flexibility index (Phi) is 7.78. The number of hydrogen-bond donors (Lipinski definition) is 2. The average molecular weight is 266 g/mol. The maximum absolute atomic E-state index is 10.6. The van der Waals surface area contributed by atoms with Crippen molar-refractivity contribution in [2.45, 2.75) is 70.5 Å². The maximum atomic E-state index is 10.6.